The molecule has 0 radical (unpaired) electrons. The maximum absolute atomic E-state index is 12.6. The predicted molar refractivity (Wildman–Crippen MR) is 99.6 cm³/mol. The fraction of sp³-hybridized carbons (Fsp3) is 0.579. The molecule has 0 bridgehead atoms. The second-order valence-corrected chi connectivity index (χ2v) is 9.48. The molecule has 5 nitrogen and oxygen atoms in total. The molecule has 6 heteroatoms. The van der Waals surface area contributed by atoms with E-state index in [9.17, 15) is 13.8 Å². The standard InChI is InChI=1S/C19H29NO4S/c1-13(20-17(22)18(2,3)4)14-10-8-9-11-15(14)25(23)12-16(21)24-19(5,6)7/h8-11,13H,12H2,1-7H3,(H,20,22)/t13-,25?/m1/s1. The molecule has 0 aromatic heterocycles. The minimum absolute atomic E-state index is 0.0901. The lowest BCUT2D eigenvalue weighted by atomic mass is 9.94. The Morgan fingerprint density at radius 3 is 2.20 bits per heavy atom. The van der Waals surface area contributed by atoms with Gasteiger partial charge in [-0.1, -0.05) is 39.0 Å². The molecular formula is C19H29NO4S. The second kappa shape index (κ2) is 8.13. The lowest BCUT2D eigenvalue weighted by Crippen LogP contribution is -2.36. The van der Waals surface area contributed by atoms with Crippen LogP contribution in [-0.4, -0.2) is 27.4 Å². The molecule has 1 aromatic carbocycles. The molecule has 0 aliphatic rings. The van der Waals surface area contributed by atoms with E-state index in [0.29, 0.717) is 4.90 Å². The number of nitrogens with one attached hydrogen (secondary N) is 1. The highest BCUT2D eigenvalue weighted by atomic mass is 32.2. The highest BCUT2D eigenvalue weighted by Gasteiger charge is 2.25. The molecule has 25 heavy (non-hydrogen) atoms. The number of esters is 1. The molecule has 2 atom stereocenters. The number of hydrogen-bond donors (Lipinski definition) is 1. The molecule has 1 unspecified atom stereocenters. The fourth-order valence-corrected chi connectivity index (χ4v) is 3.26. The normalized spacial score (nSPS) is 14.5. The van der Waals surface area contributed by atoms with Gasteiger partial charge in [0.25, 0.3) is 0 Å². The van der Waals surface area contributed by atoms with Crippen LogP contribution in [-0.2, 0) is 25.1 Å². The second-order valence-electron chi connectivity index (χ2n) is 8.06. The summed E-state index contributed by atoms with van der Waals surface area (Å²) in [6, 6.07) is 6.81. The average Bonchev–Trinajstić information content (AvgIpc) is 2.43. The number of ether oxygens (including phenoxy) is 1. The summed E-state index contributed by atoms with van der Waals surface area (Å²) >= 11 is 0. The van der Waals surface area contributed by atoms with E-state index in [-0.39, 0.29) is 17.7 Å². The van der Waals surface area contributed by atoms with Gasteiger partial charge in [-0.3, -0.25) is 13.8 Å². The van der Waals surface area contributed by atoms with Gasteiger partial charge in [0.1, 0.15) is 11.4 Å². The molecule has 140 valence electrons. The fourth-order valence-electron chi connectivity index (χ4n) is 2.09. The summed E-state index contributed by atoms with van der Waals surface area (Å²) in [6.07, 6.45) is 0. The van der Waals surface area contributed by atoms with Crippen LogP contribution in [0.4, 0.5) is 0 Å². The van der Waals surface area contributed by atoms with E-state index in [1.165, 1.54) is 0 Å². The maximum atomic E-state index is 12.6. The number of benzene rings is 1. The van der Waals surface area contributed by atoms with Gasteiger partial charge in [0.2, 0.25) is 5.91 Å². The number of hydrogen-bond acceptors (Lipinski definition) is 4. The summed E-state index contributed by atoms with van der Waals surface area (Å²) in [5, 5.41) is 2.93. The lowest BCUT2D eigenvalue weighted by molar-refractivity contribution is -0.151. The molecule has 0 heterocycles. The van der Waals surface area contributed by atoms with E-state index in [1.807, 2.05) is 39.8 Å². The number of rotatable bonds is 5. The van der Waals surface area contributed by atoms with Crippen molar-refractivity contribution in [2.45, 2.75) is 65.0 Å². The summed E-state index contributed by atoms with van der Waals surface area (Å²) in [7, 11) is -1.54. The molecule has 0 aliphatic heterocycles. The summed E-state index contributed by atoms with van der Waals surface area (Å²) in [4.78, 5) is 24.7. The van der Waals surface area contributed by atoms with Gasteiger partial charge >= 0.3 is 5.97 Å². The zero-order chi connectivity index (χ0) is 19.4. The predicted octanol–water partition coefficient (Wildman–Crippen LogP) is 3.36. The van der Waals surface area contributed by atoms with Gasteiger partial charge in [-0.15, -0.1) is 0 Å². The van der Waals surface area contributed by atoms with Crippen molar-refractivity contribution in [2.24, 2.45) is 5.41 Å². The average molecular weight is 368 g/mol. The van der Waals surface area contributed by atoms with Gasteiger partial charge in [-0.25, -0.2) is 0 Å². The molecule has 1 N–H and O–H groups in total. The molecule has 0 saturated heterocycles. The SMILES string of the molecule is C[C@@H](NC(=O)C(C)(C)C)c1ccccc1S(=O)CC(=O)OC(C)(C)C. The van der Waals surface area contributed by atoms with Crippen molar-refractivity contribution in [3.8, 4) is 0 Å². The van der Waals surface area contributed by atoms with E-state index in [1.54, 1.807) is 32.9 Å². The number of carbonyl (C=O) groups is 2. The Hall–Kier alpha value is -1.69. The molecule has 1 amide bonds. The summed E-state index contributed by atoms with van der Waals surface area (Å²) < 4.78 is 17.9. The van der Waals surface area contributed by atoms with Crippen molar-refractivity contribution in [2.75, 3.05) is 5.75 Å². The maximum Gasteiger partial charge on any atom is 0.319 e. The van der Waals surface area contributed by atoms with Crippen LogP contribution in [0, 0.1) is 5.41 Å². The topological polar surface area (TPSA) is 72.5 Å². The molecule has 1 rings (SSSR count). The van der Waals surface area contributed by atoms with Crippen molar-refractivity contribution in [3.63, 3.8) is 0 Å². The Morgan fingerprint density at radius 1 is 1.12 bits per heavy atom. The van der Waals surface area contributed by atoms with Crippen molar-refractivity contribution in [1.29, 1.82) is 0 Å². The Morgan fingerprint density at radius 2 is 1.68 bits per heavy atom. The van der Waals surface area contributed by atoms with E-state index >= 15 is 0 Å². The van der Waals surface area contributed by atoms with E-state index in [2.05, 4.69) is 5.32 Å². The summed E-state index contributed by atoms with van der Waals surface area (Å²) in [6.45, 7) is 12.7. The van der Waals surface area contributed by atoms with Crippen LogP contribution in [0.2, 0.25) is 0 Å². The Bertz CT molecular complexity index is 656. The highest BCUT2D eigenvalue weighted by Crippen LogP contribution is 2.23. The van der Waals surface area contributed by atoms with Gasteiger partial charge in [0.05, 0.1) is 16.8 Å². The van der Waals surface area contributed by atoms with Gasteiger partial charge in [0, 0.05) is 10.3 Å². The molecule has 0 saturated carbocycles. The molecular weight excluding hydrogens is 338 g/mol. The van der Waals surface area contributed by atoms with E-state index in [0.717, 1.165) is 5.56 Å². The van der Waals surface area contributed by atoms with Gasteiger partial charge < -0.3 is 10.1 Å². The monoisotopic (exact) mass is 367 g/mol. The minimum atomic E-state index is -1.54. The van der Waals surface area contributed by atoms with Crippen LogP contribution in [0.3, 0.4) is 0 Å². The van der Waals surface area contributed by atoms with Gasteiger partial charge in [0.15, 0.2) is 0 Å². The van der Waals surface area contributed by atoms with Gasteiger partial charge in [-0.2, -0.15) is 0 Å². The lowest BCUT2D eigenvalue weighted by Gasteiger charge is -2.23. The smallest absolute Gasteiger partial charge is 0.319 e. The largest absolute Gasteiger partial charge is 0.459 e. The first-order valence-corrected chi connectivity index (χ1v) is 9.63. The molecule has 0 spiro atoms. The summed E-state index contributed by atoms with van der Waals surface area (Å²) in [5.41, 5.74) is -0.393. The van der Waals surface area contributed by atoms with Crippen LogP contribution in [0.15, 0.2) is 29.2 Å². The Balaban J connectivity index is 2.94. The third kappa shape index (κ3) is 6.98. The van der Waals surface area contributed by atoms with Gasteiger partial charge in [-0.05, 0) is 39.3 Å². The zero-order valence-corrected chi connectivity index (χ0v) is 17.0. The van der Waals surface area contributed by atoms with Crippen molar-refractivity contribution >= 4 is 22.7 Å². The minimum Gasteiger partial charge on any atom is -0.459 e. The van der Waals surface area contributed by atoms with Crippen LogP contribution in [0.1, 0.15) is 60.1 Å². The molecule has 0 aliphatic carbocycles. The number of amides is 1. The van der Waals surface area contributed by atoms with E-state index < -0.39 is 27.8 Å². The third-order valence-electron chi connectivity index (χ3n) is 3.33. The Kier molecular flexibility index (Phi) is 6.94. The first kappa shape index (κ1) is 21.4. The Labute approximate surface area is 153 Å². The zero-order valence-electron chi connectivity index (χ0n) is 16.1. The van der Waals surface area contributed by atoms with Crippen molar-refractivity contribution in [3.05, 3.63) is 29.8 Å². The summed E-state index contributed by atoms with van der Waals surface area (Å²) in [5.74, 6) is -0.812. The first-order chi connectivity index (χ1) is 11.3. The number of carbonyl (C=O) groups excluding carboxylic acids is 2. The highest BCUT2D eigenvalue weighted by molar-refractivity contribution is 7.85. The van der Waals surface area contributed by atoms with Crippen LogP contribution < -0.4 is 5.32 Å². The van der Waals surface area contributed by atoms with E-state index in [4.69, 9.17) is 4.74 Å². The van der Waals surface area contributed by atoms with Crippen LogP contribution >= 0.6 is 0 Å². The third-order valence-corrected chi connectivity index (χ3v) is 4.69. The first-order valence-electron chi connectivity index (χ1n) is 8.31. The molecule has 1 aromatic rings. The van der Waals surface area contributed by atoms with Crippen LogP contribution in [0.5, 0.6) is 0 Å². The quantitative estimate of drug-likeness (QED) is 0.810. The molecule has 0 fully saturated rings. The van der Waals surface area contributed by atoms with Crippen molar-refractivity contribution < 1.29 is 18.5 Å². The van der Waals surface area contributed by atoms with Crippen molar-refractivity contribution in [1.82, 2.24) is 5.32 Å². The van der Waals surface area contributed by atoms with Crippen LogP contribution in [0.25, 0.3) is 0 Å².